The first kappa shape index (κ1) is 16.2. The van der Waals surface area contributed by atoms with Crippen LogP contribution in [0.4, 0.5) is 0 Å². The van der Waals surface area contributed by atoms with Gasteiger partial charge in [-0.15, -0.1) is 0 Å². The molecule has 24 heavy (non-hydrogen) atoms. The zero-order chi connectivity index (χ0) is 17.5. The van der Waals surface area contributed by atoms with Gasteiger partial charge in [-0.25, -0.2) is 0 Å². The van der Waals surface area contributed by atoms with Crippen molar-refractivity contribution in [2.75, 3.05) is 13.2 Å². The molecule has 7 nitrogen and oxygen atoms in total. The van der Waals surface area contributed by atoms with Crippen LogP contribution in [-0.4, -0.2) is 65.2 Å². The summed E-state index contributed by atoms with van der Waals surface area (Å²) in [7, 11) is 0. The van der Waals surface area contributed by atoms with E-state index in [9.17, 15) is 19.8 Å². The molecule has 2 aliphatic heterocycles. The van der Waals surface area contributed by atoms with E-state index in [4.69, 9.17) is 14.2 Å². The van der Waals surface area contributed by atoms with Gasteiger partial charge in [0.25, 0.3) is 0 Å². The lowest BCUT2D eigenvalue weighted by Crippen LogP contribution is -2.70. The zero-order valence-electron chi connectivity index (χ0n) is 13.9. The number of Topliss-reactive ketones (excluding diaryl/α,β-unsaturated/α-hetero) is 1. The summed E-state index contributed by atoms with van der Waals surface area (Å²) in [5, 5.41) is 21.4. The Balaban J connectivity index is 1.89. The van der Waals surface area contributed by atoms with Crippen LogP contribution in [-0.2, 0) is 23.8 Å². The molecule has 2 aliphatic carbocycles. The lowest BCUT2D eigenvalue weighted by atomic mass is 9.50. The van der Waals surface area contributed by atoms with Crippen molar-refractivity contribution in [1.82, 2.24) is 0 Å². The van der Waals surface area contributed by atoms with Gasteiger partial charge in [0.05, 0.1) is 24.2 Å². The molecule has 4 unspecified atom stereocenters. The van der Waals surface area contributed by atoms with E-state index in [1.807, 2.05) is 6.92 Å². The highest BCUT2D eigenvalue weighted by atomic mass is 16.6. The first-order valence-corrected chi connectivity index (χ1v) is 8.21. The average Bonchev–Trinajstić information content (AvgIpc) is 3.27. The first-order valence-electron chi connectivity index (χ1n) is 8.21. The Bertz CT molecular complexity index is 651. The molecule has 4 aliphatic rings. The predicted octanol–water partition coefficient (Wildman–Crippen LogP) is -0.267. The fourth-order valence-corrected chi connectivity index (χ4v) is 5.21. The first-order chi connectivity index (χ1) is 11.2. The molecule has 1 spiro atoms. The topological polar surface area (TPSA) is 106 Å². The monoisotopic (exact) mass is 338 g/mol. The summed E-state index contributed by atoms with van der Waals surface area (Å²) in [6, 6.07) is 0. The second kappa shape index (κ2) is 4.66. The summed E-state index contributed by atoms with van der Waals surface area (Å²) in [4.78, 5) is 24.0. The third kappa shape index (κ3) is 1.61. The van der Waals surface area contributed by atoms with Crippen molar-refractivity contribution in [1.29, 1.82) is 0 Å². The van der Waals surface area contributed by atoms with Gasteiger partial charge >= 0.3 is 5.97 Å². The van der Waals surface area contributed by atoms with E-state index in [1.54, 1.807) is 13.0 Å². The molecule has 0 aromatic carbocycles. The minimum absolute atomic E-state index is 0.162. The molecule has 132 valence electrons. The van der Waals surface area contributed by atoms with Crippen LogP contribution in [0.25, 0.3) is 0 Å². The molecule has 0 aromatic heterocycles. The molecule has 0 amide bonds. The number of hydrogen-bond acceptors (Lipinski definition) is 7. The van der Waals surface area contributed by atoms with Gasteiger partial charge in [-0.05, 0) is 25.0 Å². The standard InChI is InChI=1S/C17H22O7/c1-8-4-11-16(6-22-9(2)18,13(21)12(8)20)15(3)5-10(19)14(24-11)17(15)7-23-17/h4,10-11,13-14,19,21H,5-7H2,1-3H3/t10?,11?,13?,14?,15-,16-,17+/m1/s1. The fraction of sp³-hybridized carbons (Fsp3) is 0.765. The lowest BCUT2D eigenvalue weighted by Gasteiger charge is -2.58. The Morgan fingerprint density at radius 1 is 1.46 bits per heavy atom. The van der Waals surface area contributed by atoms with Gasteiger partial charge in [0, 0.05) is 12.3 Å². The Hall–Kier alpha value is -1.28. The minimum atomic E-state index is -1.39. The Kier molecular flexibility index (Phi) is 3.15. The highest BCUT2D eigenvalue weighted by Gasteiger charge is 2.83. The van der Waals surface area contributed by atoms with Crippen molar-refractivity contribution in [2.45, 2.75) is 57.2 Å². The number of hydrogen-bond donors (Lipinski definition) is 2. The van der Waals surface area contributed by atoms with Crippen LogP contribution in [0.2, 0.25) is 0 Å². The molecule has 0 aromatic rings. The van der Waals surface area contributed by atoms with Crippen molar-refractivity contribution in [3.05, 3.63) is 11.6 Å². The molecule has 3 fully saturated rings. The number of ether oxygens (including phenoxy) is 3. The largest absolute Gasteiger partial charge is 0.465 e. The van der Waals surface area contributed by atoms with E-state index in [-0.39, 0.29) is 6.61 Å². The molecule has 2 N–H and O–H groups in total. The number of carbonyl (C=O) groups is 2. The fourth-order valence-electron chi connectivity index (χ4n) is 5.21. The Labute approximate surface area is 139 Å². The Morgan fingerprint density at radius 2 is 2.12 bits per heavy atom. The quantitative estimate of drug-likeness (QED) is 0.527. The summed E-state index contributed by atoms with van der Waals surface area (Å²) in [6.07, 6.45) is -1.30. The highest BCUT2D eigenvalue weighted by Crippen LogP contribution is 2.71. The van der Waals surface area contributed by atoms with Gasteiger partial charge in [0.1, 0.15) is 24.4 Å². The smallest absolute Gasteiger partial charge is 0.302 e. The van der Waals surface area contributed by atoms with E-state index >= 15 is 0 Å². The molecule has 7 atom stereocenters. The number of epoxide rings is 1. The van der Waals surface area contributed by atoms with Crippen LogP contribution in [0.1, 0.15) is 27.2 Å². The number of carbonyl (C=O) groups excluding carboxylic acids is 2. The van der Waals surface area contributed by atoms with Crippen LogP contribution in [0.15, 0.2) is 11.6 Å². The number of aliphatic hydroxyl groups excluding tert-OH is 2. The van der Waals surface area contributed by atoms with Gasteiger partial charge in [-0.3, -0.25) is 9.59 Å². The Morgan fingerprint density at radius 3 is 2.71 bits per heavy atom. The van der Waals surface area contributed by atoms with Crippen molar-refractivity contribution >= 4 is 11.8 Å². The van der Waals surface area contributed by atoms with Gasteiger partial charge in [0.2, 0.25) is 0 Å². The molecule has 1 saturated carbocycles. The maximum absolute atomic E-state index is 12.5. The van der Waals surface area contributed by atoms with E-state index in [0.29, 0.717) is 18.6 Å². The van der Waals surface area contributed by atoms with Crippen LogP contribution < -0.4 is 0 Å². The second-order valence-corrected chi connectivity index (χ2v) is 7.70. The predicted molar refractivity (Wildman–Crippen MR) is 79.9 cm³/mol. The van der Waals surface area contributed by atoms with E-state index in [1.165, 1.54) is 6.92 Å². The molecule has 2 bridgehead atoms. The number of aliphatic hydroxyl groups is 2. The van der Waals surface area contributed by atoms with Gasteiger partial charge in [0.15, 0.2) is 5.78 Å². The van der Waals surface area contributed by atoms with Gasteiger partial charge in [-0.2, -0.15) is 0 Å². The van der Waals surface area contributed by atoms with E-state index in [0.717, 1.165) is 0 Å². The average molecular weight is 338 g/mol. The molecule has 2 saturated heterocycles. The van der Waals surface area contributed by atoms with Crippen LogP contribution >= 0.6 is 0 Å². The maximum atomic E-state index is 12.5. The molecule has 7 heteroatoms. The normalized spacial score (nSPS) is 52.0. The van der Waals surface area contributed by atoms with Crippen molar-refractivity contribution in [2.24, 2.45) is 10.8 Å². The maximum Gasteiger partial charge on any atom is 0.302 e. The van der Waals surface area contributed by atoms with Crippen LogP contribution in [0.5, 0.6) is 0 Å². The third-order valence-electron chi connectivity index (χ3n) is 6.68. The number of esters is 1. The minimum Gasteiger partial charge on any atom is -0.465 e. The van der Waals surface area contributed by atoms with Crippen molar-refractivity contribution in [3.63, 3.8) is 0 Å². The summed E-state index contributed by atoms with van der Waals surface area (Å²) in [5.74, 6) is -0.900. The SMILES string of the molecule is CC(=O)OC[C@@]12C(C=C(C)C(=O)C1O)OC1C(O)C[C@@]2(C)[C@]12CO2. The summed E-state index contributed by atoms with van der Waals surface area (Å²) in [5.41, 5.74) is -2.27. The van der Waals surface area contributed by atoms with Gasteiger partial charge < -0.3 is 24.4 Å². The van der Waals surface area contributed by atoms with Crippen molar-refractivity contribution in [3.8, 4) is 0 Å². The second-order valence-electron chi connectivity index (χ2n) is 7.70. The number of ketones is 1. The molecule has 0 radical (unpaired) electrons. The van der Waals surface area contributed by atoms with E-state index < -0.39 is 52.6 Å². The molecular weight excluding hydrogens is 316 g/mol. The van der Waals surface area contributed by atoms with Gasteiger partial charge in [-0.1, -0.05) is 6.92 Å². The van der Waals surface area contributed by atoms with Crippen LogP contribution in [0, 0.1) is 10.8 Å². The number of fused-ring (bicyclic) bond motifs is 2. The summed E-state index contributed by atoms with van der Waals surface area (Å²) < 4.78 is 17.1. The van der Waals surface area contributed by atoms with Crippen molar-refractivity contribution < 1.29 is 34.0 Å². The number of rotatable bonds is 2. The highest BCUT2D eigenvalue weighted by molar-refractivity contribution is 6.00. The van der Waals surface area contributed by atoms with Crippen LogP contribution in [0.3, 0.4) is 0 Å². The zero-order valence-corrected chi connectivity index (χ0v) is 13.9. The molecule has 4 rings (SSSR count). The van der Waals surface area contributed by atoms with E-state index in [2.05, 4.69) is 0 Å². The molecule has 2 heterocycles. The third-order valence-corrected chi connectivity index (χ3v) is 6.68. The summed E-state index contributed by atoms with van der Waals surface area (Å²) >= 11 is 0. The lowest BCUT2D eigenvalue weighted by molar-refractivity contribution is -0.247. The molecular formula is C17H22O7. The summed E-state index contributed by atoms with van der Waals surface area (Å²) in [6.45, 7) is 5.04.